The largest absolute Gasteiger partial charge is 0.288 e. The second-order valence-corrected chi connectivity index (χ2v) is 9.14. The predicted molar refractivity (Wildman–Crippen MR) is 115 cm³/mol. The molecule has 0 saturated carbocycles. The number of amides is 1. The van der Waals surface area contributed by atoms with Crippen LogP contribution in [0.3, 0.4) is 0 Å². The average molecular weight is 445 g/mol. The summed E-state index contributed by atoms with van der Waals surface area (Å²) < 4.78 is 28.1. The van der Waals surface area contributed by atoms with E-state index in [1.807, 2.05) is 31.2 Å². The van der Waals surface area contributed by atoms with E-state index in [4.69, 9.17) is 16.8 Å². The van der Waals surface area contributed by atoms with Gasteiger partial charge in [0.2, 0.25) is 10.0 Å². The summed E-state index contributed by atoms with van der Waals surface area (Å²) >= 11 is 6.18. The lowest BCUT2D eigenvalue weighted by atomic mass is 10.1. The molecule has 2 N–H and O–H groups in total. The van der Waals surface area contributed by atoms with E-state index in [1.165, 1.54) is 22.5 Å². The van der Waals surface area contributed by atoms with Gasteiger partial charge >= 0.3 is 0 Å². The molecule has 0 aliphatic heterocycles. The monoisotopic (exact) mass is 444 g/mol. The Morgan fingerprint density at radius 2 is 1.47 bits per heavy atom. The molecule has 3 rings (SSSR count). The highest BCUT2D eigenvalue weighted by atomic mass is 35.5. The van der Waals surface area contributed by atoms with Gasteiger partial charge < -0.3 is 0 Å². The summed E-state index contributed by atoms with van der Waals surface area (Å²) in [6.07, 6.45) is 0. The summed E-state index contributed by atoms with van der Waals surface area (Å²) in [6, 6.07) is 20.3. The number of hydrogen-bond acceptors (Lipinski definition) is 4. The van der Waals surface area contributed by atoms with Crippen LogP contribution in [-0.4, -0.2) is 23.8 Å². The van der Waals surface area contributed by atoms with Gasteiger partial charge in [0, 0.05) is 18.7 Å². The lowest BCUT2D eigenvalue weighted by molar-refractivity contribution is 0.0706. The Balaban J connectivity index is 1.96. The molecule has 0 radical (unpaired) electrons. The third kappa shape index (κ3) is 5.06. The van der Waals surface area contributed by atoms with Crippen LogP contribution in [0, 0.1) is 6.92 Å². The summed E-state index contributed by atoms with van der Waals surface area (Å²) in [5.74, 6) is -0.637. The number of hydroxylamine groups is 1. The van der Waals surface area contributed by atoms with Crippen molar-refractivity contribution in [3.05, 3.63) is 100 Å². The van der Waals surface area contributed by atoms with E-state index in [9.17, 15) is 13.2 Å². The van der Waals surface area contributed by atoms with Crippen LogP contribution in [0.4, 0.5) is 0 Å². The number of sulfonamides is 1. The van der Waals surface area contributed by atoms with Crippen molar-refractivity contribution in [1.29, 1.82) is 0 Å². The summed E-state index contributed by atoms with van der Waals surface area (Å²) in [6.45, 7) is 2.21. The van der Waals surface area contributed by atoms with Crippen molar-refractivity contribution < 1.29 is 18.4 Å². The number of carbonyl (C=O) groups is 1. The number of aryl methyl sites for hydroxylation is 1. The number of carbonyl (C=O) groups excluding carboxylic acids is 1. The molecule has 1 amide bonds. The Hall–Kier alpha value is -2.71. The van der Waals surface area contributed by atoms with Gasteiger partial charge in [-0.2, -0.15) is 4.31 Å². The highest BCUT2D eigenvalue weighted by molar-refractivity contribution is 7.89. The number of nitrogens with zero attached hydrogens (tertiary/aromatic N) is 1. The second-order valence-electron chi connectivity index (χ2n) is 6.83. The van der Waals surface area contributed by atoms with E-state index in [1.54, 1.807) is 35.8 Å². The fraction of sp³-hybridized carbons (Fsp3) is 0.136. The Bertz CT molecular complexity index is 1130. The van der Waals surface area contributed by atoms with E-state index < -0.39 is 15.9 Å². The van der Waals surface area contributed by atoms with Gasteiger partial charge in [-0.3, -0.25) is 10.0 Å². The smallest absolute Gasteiger partial charge is 0.274 e. The third-order valence-electron chi connectivity index (χ3n) is 4.61. The minimum absolute atomic E-state index is 0.0371. The molecule has 0 fully saturated rings. The van der Waals surface area contributed by atoms with E-state index in [0.717, 1.165) is 11.1 Å². The lowest BCUT2D eigenvalue weighted by Crippen LogP contribution is -2.30. The molecular formula is C22H21ClN2O4S. The Kier molecular flexibility index (Phi) is 6.89. The van der Waals surface area contributed by atoms with E-state index in [0.29, 0.717) is 5.56 Å². The average Bonchev–Trinajstić information content (AvgIpc) is 2.75. The van der Waals surface area contributed by atoms with Crippen LogP contribution in [0.15, 0.2) is 77.7 Å². The predicted octanol–water partition coefficient (Wildman–Crippen LogP) is 4.16. The normalized spacial score (nSPS) is 11.5. The molecule has 156 valence electrons. The zero-order valence-electron chi connectivity index (χ0n) is 16.2. The minimum Gasteiger partial charge on any atom is -0.288 e. The van der Waals surface area contributed by atoms with E-state index in [-0.39, 0.29) is 28.6 Å². The van der Waals surface area contributed by atoms with Crippen LogP contribution in [0.1, 0.15) is 27.0 Å². The molecule has 0 unspecified atom stereocenters. The van der Waals surface area contributed by atoms with Crippen LogP contribution >= 0.6 is 11.6 Å². The maximum atomic E-state index is 13.4. The molecule has 0 aliphatic carbocycles. The zero-order chi connectivity index (χ0) is 21.7. The van der Waals surface area contributed by atoms with Crippen molar-refractivity contribution in [3.63, 3.8) is 0 Å². The van der Waals surface area contributed by atoms with Crippen LogP contribution in [0.2, 0.25) is 5.02 Å². The number of rotatable bonds is 7. The Morgan fingerprint density at radius 3 is 2.00 bits per heavy atom. The molecule has 0 spiro atoms. The highest BCUT2D eigenvalue weighted by Crippen LogP contribution is 2.27. The number of benzene rings is 3. The number of nitrogens with one attached hydrogen (secondary N) is 1. The summed E-state index contributed by atoms with van der Waals surface area (Å²) in [4.78, 5) is 11.6. The maximum absolute atomic E-state index is 13.4. The number of hydrogen-bond donors (Lipinski definition) is 2. The van der Waals surface area contributed by atoms with Crippen molar-refractivity contribution >= 4 is 27.5 Å². The first kappa shape index (κ1) is 22.0. The maximum Gasteiger partial charge on any atom is 0.274 e. The van der Waals surface area contributed by atoms with Gasteiger partial charge in [0.1, 0.15) is 4.90 Å². The van der Waals surface area contributed by atoms with Crippen LogP contribution < -0.4 is 5.48 Å². The summed E-state index contributed by atoms with van der Waals surface area (Å²) in [7, 11) is -3.89. The second kappa shape index (κ2) is 9.40. The lowest BCUT2D eigenvalue weighted by Gasteiger charge is -2.23. The number of halogens is 1. The molecule has 0 atom stereocenters. The fourth-order valence-electron chi connectivity index (χ4n) is 2.95. The fourth-order valence-corrected chi connectivity index (χ4v) is 4.86. The van der Waals surface area contributed by atoms with E-state index >= 15 is 0 Å². The standard InChI is InChI=1S/C22H21ClN2O4S/c1-16-6-8-17(9-7-16)14-25(30(28,29)21-5-3-2-4-20(21)23)15-18-10-12-19(13-11-18)22(26)24-27/h2-13,27H,14-15H2,1H3,(H,24,26). The molecule has 0 bridgehead atoms. The van der Waals surface area contributed by atoms with Crippen LogP contribution in [0.25, 0.3) is 0 Å². The quantitative estimate of drug-likeness (QED) is 0.423. The molecule has 30 heavy (non-hydrogen) atoms. The zero-order valence-corrected chi connectivity index (χ0v) is 17.8. The van der Waals surface area contributed by atoms with Crippen molar-refractivity contribution in [2.75, 3.05) is 0 Å². The summed E-state index contributed by atoms with van der Waals surface area (Å²) in [5, 5.41) is 8.90. The molecular weight excluding hydrogens is 424 g/mol. The van der Waals surface area contributed by atoms with Gasteiger partial charge in [-0.15, -0.1) is 0 Å². The Morgan fingerprint density at radius 1 is 0.933 bits per heavy atom. The molecule has 3 aromatic rings. The van der Waals surface area contributed by atoms with Crippen LogP contribution in [-0.2, 0) is 23.1 Å². The first-order valence-electron chi connectivity index (χ1n) is 9.15. The van der Waals surface area contributed by atoms with Gasteiger partial charge in [0.25, 0.3) is 5.91 Å². The Labute approximate surface area is 180 Å². The first-order chi connectivity index (χ1) is 14.3. The van der Waals surface area contributed by atoms with Gasteiger partial charge in [0.05, 0.1) is 5.02 Å². The molecule has 0 saturated heterocycles. The summed E-state index contributed by atoms with van der Waals surface area (Å²) in [5.41, 5.74) is 4.44. The topological polar surface area (TPSA) is 86.7 Å². The molecule has 0 aliphatic rings. The SMILES string of the molecule is Cc1ccc(CN(Cc2ccc(C(=O)NO)cc2)S(=O)(=O)c2ccccc2Cl)cc1. The molecule has 3 aromatic carbocycles. The molecule has 0 heterocycles. The van der Waals surface area contributed by atoms with E-state index in [2.05, 4.69) is 0 Å². The minimum atomic E-state index is -3.89. The highest BCUT2D eigenvalue weighted by Gasteiger charge is 2.27. The van der Waals surface area contributed by atoms with Crippen molar-refractivity contribution in [2.24, 2.45) is 0 Å². The molecule has 0 aromatic heterocycles. The van der Waals surface area contributed by atoms with Gasteiger partial charge in [0.15, 0.2) is 0 Å². The van der Waals surface area contributed by atoms with Crippen LogP contribution in [0.5, 0.6) is 0 Å². The first-order valence-corrected chi connectivity index (χ1v) is 11.0. The van der Waals surface area contributed by atoms with Crippen molar-refractivity contribution in [2.45, 2.75) is 24.9 Å². The third-order valence-corrected chi connectivity index (χ3v) is 6.90. The molecule has 8 heteroatoms. The van der Waals surface area contributed by atoms with Crippen molar-refractivity contribution in [1.82, 2.24) is 9.79 Å². The molecule has 6 nitrogen and oxygen atoms in total. The van der Waals surface area contributed by atoms with Gasteiger partial charge in [-0.1, -0.05) is 65.7 Å². The van der Waals surface area contributed by atoms with Gasteiger partial charge in [-0.05, 0) is 42.3 Å². The van der Waals surface area contributed by atoms with Gasteiger partial charge in [-0.25, -0.2) is 13.9 Å². The van der Waals surface area contributed by atoms with Crippen molar-refractivity contribution in [3.8, 4) is 0 Å².